The van der Waals surface area contributed by atoms with Gasteiger partial charge in [-0.15, -0.1) is 0 Å². The third-order valence-corrected chi connectivity index (χ3v) is 3.47. The summed E-state index contributed by atoms with van der Waals surface area (Å²) in [6, 6.07) is 5.14. The number of amides is 1. The first-order chi connectivity index (χ1) is 10.2. The van der Waals surface area contributed by atoms with Gasteiger partial charge in [-0.1, -0.05) is 12.1 Å². The van der Waals surface area contributed by atoms with Crippen LogP contribution in [0.3, 0.4) is 0 Å². The zero-order valence-electron chi connectivity index (χ0n) is 12.0. The lowest BCUT2D eigenvalue weighted by Crippen LogP contribution is -2.26. The molecule has 1 aliphatic heterocycles. The maximum atomic E-state index is 12.3. The summed E-state index contributed by atoms with van der Waals surface area (Å²) in [5, 5.41) is 6.69. The van der Waals surface area contributed by atoms with Crippen molar-refractivity contribution in [1.82, 2.24) is 15.5 Å². The van der Waals surface area contributed by atoms with E-state index in [2.05, 4.69) is 15.5 Å². The number of benzene rings is 1. The normalized spacial score (nSPS) is 14.4. The van der Waals surface area contributed by atoms with Crippen LogP contribution in [0.4, 0.5) is 0 Å². The molecule has 21 heavy (non-hydrogen) atoms. The first kappa shape index (κ1) is 13.6. The van der Waals surface area contributed by atoms with Gasteiger partial charge in [0.1, 0.15) is 11.8 Å². The van der Waals surface area contributed by atoms with Crippen LogP contribution in [-0.4, -0.2) is 22.7 Å². The molecule has 2 heterocycles. The molecule has 1 atom stereocenters. The number of aromatic nitrogens is 2. The Hall–Kier alpha value is -2.37. The highest BCUT2D eigenvalue weighted by Gasteiger charge is 2.19. The number of ether oxygens (including phenoxy) is 1. The van der Waals surface area contributed by atoms with Gasteiger partial charge in [-0.05, 0) is 30.7 Å². The van der Waals surface area contributed by atoms with Crippen molar-refractivity contribution in [3.05, 3.63) is 41.0 Å². The molecule has 1 amide bonds. The first-order valence-corrected chi connectivity index (χ1v) is 7.06. The van der Waals surface area contributed by atoms with Gasteiger partial charge >= 0.3 is 0 Å². The Kier molecular flexibility index (Phi) is 3.60. The van der Waals surface area contributed by atoms with E-state index in [0.29, 0.717) is 30.3 Å². The fourth-order valence-corrected chi connectivity index (χ4v) is 2.26. The van der Waals surface area contributed by atoms with E-state index in [4.69, 9.17) is 9.26 Å². The summed E-state index contributed by atoms with van der Waals surface area (Å²) in [6.45, 7) is 4.45. The summed E-state index contributed by atoms with van der Waals surface area (Å²) in [4.78, 5) is 16.5. The molecule has 1 aliphatic rings. The van der Waals surface area contributed by atoms with Crippen molar-refractivity contribution in [3.8, 4) is 5.75 Å². The fourth-order valence-electron chi connectivity index (χ4n) is 2.26. The monoisotopic (exact) mass is 287 g/mol. The Labute approximate surface area is 122 Å². The van der Waals surface area contributed by atoms with E-state index in [-0.39, 0.29) is 11.9 Å². The van der Waals surface area contributed by atoms with Crippen molar-refractivity contribution in [3.63, 3.8) is 0 Å². The molecular formula is C15H17N3O3. The molecule has 0 spiro atoms. The van der Waals surface area contributed by atoms with Crippen LogP contribution in [0.1, 0.15) is 47.5 Å². The molecule has 110 valence electrons. The summed E-state index contributed by atoms with van der Waals surface area (Å²) in [5.41, 5.74) is 1.68. The largest absolute Gasteiger partial charge is 0.493 e. The summed E-state index contributed by atoms with van der Waals surface area (Å²) in [7, 11) is 0. The number of aryl methyl sites for hydroxylation is 1. The molecule has 0 bridgehead atoms. The summed E-state index contributed by atoms with van der Waals surface area (Å²) in [5.74, 6) is 1.77. The minimum Gasteiger partial charge on any atom is -0.493 e. The van der Waals surface area contributed by atoms with E-state index in [9.17, 15) is 4.79 Å². The Balaban J connectivity index is 1.70. The first-order valence-electron chi connectivity index (χ1n) is 7.06. The lowest BCUT2D eigenvalue weighted by Gasteiger charge is -2.10. The van der Waals surface area contributed by atoms with Crippen LogP contribution in [-0.2, 0) is 12.8 Å². The van der Waals surface area contributed by atoms with Gasteiger partial charge in [-0.2, -0.15) is 4.98 Å². The highest BCUT2D eigenvalue weighted by molar-refractivity contribution is 5.94. The number of hydrogen-bond acceptors (Lipinski definition) is 5. The molecule has 0 saturated heterocycles. The lowest BCUT2D eigenvalue weighted by molar-refractivity contribution is 0.0932. The molecule has 1 aromatic carbocycles. The zero-order valence-corrected chi connectivity index (χ0v) is 12.0. The zero-order chi connectivity index (χ0) is 14.8. The van der Waals surface area contributed by atoms with E-state index < -0.39 is 0 Å². The Morgan fingerprint density at radius 2 is 2.33 bits per heavy atom. The van der Waals surface area contributed by atoms with Gasteiger partial charge in [0.25, 0.3) is 5.91 Å². The third kappa shape index (κ3) is 2.74. The maximum Gasteiger partial charge on any atom is 0.251 e. The van der Waals surface area contributed by atoms with E-state index in [1.54, 1.807) is 6.07 Å². The molecule has 0 saturated carbocycles. The van der Waals surface area contributed by atoms with Crippen LogP contribution in [0, 0.1) is 0 Å². The average Bonchev–Trinajstić information content (AvgIpc) is 3.15. The van der Waals surface area contributed by atoms with E-state index in [1.165, 1.54) is 0 Å². The SMILES string of the molecule is CCc1noc(C(C)NC(=O)c2ccc3c(c2)CCO3)n1. The third-order valence-electron chi connectivity index (χ3n) is 3.47. The molecule has 3 rings (SSSR count). The van der Waals surface area contributed by atoms with Gasteiger partial charge < -0.3 is 14.6 Å². The van der Waals surface area contributed by atoms with Crippen molar-refractivity contribution in [2.45, 2.75) is 32.7 Å². The van der Waals surface area contributed by atoms with E-state index >= 15 is 0 Å². The van der Waals surface area contributed by atoms with Crippen molar-refractivity contribution >= 4 is 5.91 Å². The minimum absolute atomic E-state index is 0.159. The van der Waals surface area contributed by atoms with Crippen LogP contribution >= 0.6 is 0 Å². The van der Waals surface area contributed by atoms with Crippen LogP contribution in [0.2, 0.25) is 0 Å². The smallest absolute Gasteiger partial charge is 0.251 e. The van der Waals surface area contributed by atoms with Crippen molar-refractivity contribution in [1.29, 1.82) is 0 Å². The number of carbonyl (C=O) groups excluding carboxylic acids is 1. The molecular weight excluding hydrogens is 270 g/mol. The second kappa shape index (κ2) is 5.55. The summed E-state index contributed by atoms with van der Waals surface area (Å²) < 4.78 is 10.6. The number of fused-ring (bicyclic) bond motifs is 1. The van der Waals surface area contributed by atoms with Crippen molar-refractivity contribution < 1.29 is 14.1 Å². The predicted molar refractivity (Wildman–Crippen MR) is 75.2 cm³/mol. The highest BCUT2D eigenvalue weighted by Crippen LogP contribution is 2.26. The quantitative estimate of drug-likeness (QED) is 0.931. The topological polar surface area (TPSA) is 77.2 Å². The lowest BCUT2D eigenvalue weighted by atomic mass is 10.1. The second-order valence-corrected chi connectivity index (χ2v) is 5.02. The molecule has 0 aliphatic carbocycles. The van der Waals surface area contributed by atoms with Crippen molar-refractivity contribution in [2.24, 2.45) is 0 Å². The van der Waals surface area contributed by atoms with Crippen LogP contribution in [0.15, 0.2) is 22.7 Å². The Morgan fingerprint density at radius 1 is 1.48 bits per heavy atom. The molecule has 6 heteroatoms. The number of rotatable bonds is 4. The molecule has 1 N–H and O–H groups in total. The predicted octanol–water partition coefficient (Wildman–Crippen LogP) is 2.06. The highest BCUT2D eigenvalue weighted by atomic mass is 16.5. The minimum atomic E-state index is -0.324. The van der Waals surface area contributed by atoms with Crippen LogP contribution < -0.4 is 10.1 Å². The van der Waals surface area contributed by atoms with Gasteiger partial charge in [0.15, 0.2) is 5.82 Å². The number of hydrogen-bond donors (Lipinski definition) is 1. The molecule has 1 unspecified atom stereocenters. The summed E-state index contributed by atoms with van der Waals surface area (Å²) >= 11 is 0. The van der Waals surface area contributed by atoms with Crippen LogP contribution in [0.25, 0.3) is 0 Å². The van der Waals surface area contributed by atoms with Gasteiger partial charge in [0.2, 0.25) is 5.89 Å². The molecule has 2 aromatic rings. The van der Waals surface area contributed by atoms with E-state index in [1.807, 2.05) is 26.0 Å². The number of nitrogens with zero attached hydrogens (tertiary/aromatic N) is 2. The number of carbonyl (C=O) groups is 1. The molecule has 0 fully saturated rings. The standard InChI is InChI=1S/C15H17N3O3/c1-3-13-17-15(21-18-13)9(2)16-14(19)11-4-5-12-10(8-11)6-7-20-12/h4-5,8-9H,3,6-7H2,1-2H3,(H,16,19). The van der Waals surface area contributed by atoms with Gasteiger partial charge in [0, 0.05) is 18.4 Å². The molecule has 0 radical (unpaired) electrons. The molecule has 6 nitrogen and oxygen atoms in total. The van der Waals surface area contributed by atoms with Gasteiger partial charge in [0.05, 0.1) is 6.61 Å². The van der Waals surface area contributed by atoms with E-state index in [0.717, 1.165) is 17.7 Å². The van der Waals surface area contributed by atoms with Gasteiger partial charge in [-0.25, -0.2) is 0 Å². The Morgan fingerprint density at radius 3 is 3.10 bits per heavy atom. The fraction of sp³-hybridized carbons (Fsp3) is 0.400. The maximum absolute atomic E-state index is 12.3. The molecule has 1 aromatic heterocycles. The van der Waals surface area contributed by atoms with Crippen molar-refractivity contribution in [2.75, 3.05) is 6.61 Å². The van der Waals surface area contributed by atoms with Gasteiger partial charge in [-0.3, -0.25) is 4.79 Å². The van der Waals surface area contributed by atoms with Crippen LogP contribution in [0.5, 0.6) is 5.75 Å². The number of nitrogens with one attached hydrogen (secondary N) is 1. The summed E-state index contributed by atoms with van der Waals surface area (Å²) in [6.07, 6.45) is 1.55. The average molecular weight is 287 g/mol. The second-order valence-electron chi connectivity index (χ2n) is 5.02. The Bertz CT molecular complexity index is 666.